The smallest absolute Gasteiger partial charge is 0.226 e. The Morgan fingerprint density at radius 3 is 2.82 bits per heavy atom. The summed E-state index contributed by atoms with van der Waals surface area (Å²) in [4.78, 5) is 17.3. The maximum atomic E-state index is 12.1. The predicted octanol–water partition coefficient (Wildman–Crippen LogP) is 3.83. The molecule has 0 saturated carbocycles. The fourth-order valence-corrected chi connectivity index (χ4v) is 4.27. The van der Waals surface area contributed by atoms with Crippen molar-refractivity contribution in [2.75, 3.05) is 24.8 Å². The van der Waals surface area contributed by atoms with Crippen LogP contribution in [0, 0.1) is 0 Å². The number of aromatic nitrogens is 1. The van der Waals surface area contributed by atoms with Crippen LogP contribution in [0.15, 0.2) is 48.5 Å². The normalized spacial score (nSPS) is 15.6. The van der Waals surface area contributed by atoms with Crippen molar-refractivity contribution in [3.8, 4) is 11.5 Å². The minimum atomic E-state index is -0.0918. The number of hydrogen-bond donors (Lipinski definition) is 2. The summed E-state index contributed by atoms with van der Waals surface area (Å²) in [5.41, 5.74) is 8.04. The number of carbonyl (C=O) groups excluding carboxylic acids is 1. The van der Waals surface area contributed by atoms with E-state index in [1.54, 1.807) is 7.11 Å². The van der Waals surface area contributed by atoms with Crippen LogP contribution in [0.25, 0.3) is 0 Å². The summed E-state index contributed by atoms with van der Waals surface area (Å²) in [7, 11) is 1.62. The first-order chi connectivity index (χ1) is 13.6. The van der Waals surface area contributed by atoms with E-state index in [1.807, 2.05) is 36.4 Å². The van der Waals surface area contributed by atoms with Gasteiger partial charge in [-0.2, -0.15) is 0 Å². The van der Waals surface area contributed by atoms with E-state index in [2.05, 4.69) is 22.4 Å². The van der Waals surface area contributed by atoms with Gasteiger partial charge in [-0.15, -0.1) is 0 Å². The third-order valence-electron chi connectivity index (χ3n) is 4.71. The second-order valence-electron chi connectivity index (χ2n) is 6.56. The van der Waals surface area contributed by atoms with E-state index in [-0.39, 0.29) is 11.8 Å². The molecule has 3 N–H and O–H groups in total. The summed E-state index contributed by atoms with van der Waals surface area (Å²) in [5, 5.41) is 3.24. The van der Waals surface area contributed by atoms with E-state index < -0.39 is 0 Å². The van der Waals surface area contributed by atoms with Crippen molar-refractivity contribution >= 4 is 28.2 Å². The number of hydrogen-bond acceptors (Lipinski definition) is 6. The summed E-state index contributed by atoms with van der Waals surface area (Å²) in [6.45, 7) is 0.557. The zero-order chi connectivity index (χ0) is 19.5. The van der Waals surface area contributed by atoms with Crippen LogP contribution in [0.1, 0.15) is 28.3 Å². The highest BCUT2D eigenvalue weighted by molar-refractivity contribution is 7.16. The van der Waals surface area contributed by atoms with Gasteiger partial charge in [0, 0.05) is 18.8 Å². The highest BCUT2D eigenvalue weighted by Crippen LogP contribution is 2.43. The zero-order valence-electron chi connectivity index (χ0n) is 15.5. The molecule has 1 amide bonds. The number of nitrogen functional groups attached to an aromatic ring is 1. The standard InChI is InChI=1S/C21H21N3O3S/c1-26-17-11-14(15-12-18(25)23-20-19(15)28-21(22)24-20)7-8-16(17)27-10-9-13-5-3-2-4-6-13/h2-8,11,15H,9-10,12H2,1H3,(H2,22,24)(H,23,25)/t15-/m1/s1. The summed E-state index contributed by atoms with van der Waals surface area (Å²) < 4.78 is 11.5. The number of anilines is 2. The zero-order valence-corrected chi connectivity index (χ0v) is 16.3. The highest BCUT2D eigenvalue weighted by Gasteiger charge is 2.30. The number of nitrogens with one attached hydrogen (secondary N) is 1. The van der Waals surface area contributed by atoms with Gasteiger partial charge in [-0.3, -0.25) is 4.79 Å². The number of amides is 1. The first-order valence-electron chi connectivity index (χ1n) is 9.04. The molecule has 0 unspecified atom stereocenters. The van der Waals surface area contributed by atoms with Crippen molar-refractivity contribution in [2.24, 2.45) is 0 Å². The molecule has 0 aliphatic carbocycles. The summed E-state index contributed by atoms with van der Waals surface area (Å²) in [6, 6.07) is 16.0. The molecule has 3 aromatic rings. The molecule has 4 rings (SSSR count). The van der Waals surface area contributed by atoms with Gasteiger partial charge < -0.3 is 20.5 Å². The van der Waals surface area contributed by atoms with Crippen molar-refractivity contribution in [1.82, 2.24) is 4.98 Å². The topological polar surface area (TPSA) is 86.5 Å². The Kier molecular flexibility index (Phi) is 5.16. The fraction of sp³-hybridized carbons (Fsp3) is 0.238. The molecule has 0 saturated heterocycles. The maximum Gasteiger partial charge on any atom is 0.226 e. The van der Waals surface area contributed by atoms with Gasteiger partial charge in [-0.1, -0.05) is 47.7 Å². The quantitative estimate of drug-likeness (QED) is 0.662. The molecule has 2 heterocycles. The van der Waals surface area contributed by atoms with Crippen LogP contribution in [0.3, 0.4) is 0 Å². The second kappa shape index (κ2) is 7.90. The van der Waals surface area contributed by atoms with Gasteiger partial charge >= 0.3 is 0 Å². The van der Waals surface area contributed by atoms with E-state index in [1.165, 1.54) is 16.9 Å². The van der Waals surface area contributed by atoms with Crippen LogP contribution in [0.2, 0.25) is 0 Å². The number of thiazole rings is 1. The molecule has 0 radical (unpaired) electrons. The Morgan fingerprint density at radius 2 is 2.04 bits per heavy atom. The van der Waals surface area contributed by atoms with Crippen molar-refractivity contribution in [2.45, 2.75) is 18.8 Å². The number of rotatable bonds is 6. The molecule has 0 bridgehead atoms. The van der Waals surface area contributed by atoms with Gasteiger partial charge in [0.25, 0.3) is 0 Å². The largest absolute Gasteiger partial charge is 0.493 e. The minimum absolute atomic E-state index is 0.0649. The first-order valence-corrected chi connectivity index (χ1v) is 9.86. The van der Waals surface area contributed by atoms with Crippen molar-refractivity contribution in [1.29, 1.82) is 0 Å². The molecule has 1 aromatic heterocycles. The van der Waals surface area contributed by atoms with Gasteiger partial charge in [-0.25, -0.2) is 4.98 Å². The lowest BCUT2D eigenvalue weighted by Gasteiger charge is -2.22. The lowest BCUT2D eigenvalue weighted by atomic mass is 9.91. The second-order valence-corrected chi connectivity index (χ2v) is 7.63. The van der Waals surface area contributed by atoms with Crippen LogP contribution in [-0.2, 0) is 11.2 Å². The Balaban J connectivity index is 1.53. The molecule has 1 atom stereocenters. The molecular formula is C21H21N3O3S. The molecule has 0 fully saturated rings. The lowest BCUT2D eigenvalue weighted by molar-refractivity contribution is -0.116. The molecule has 1 aliphatic heterocycles. The summed E-state index contributed by atoms with van der Waals surface area (Å²) >= 11 is 1.40. The predicted molar refractivity (Wildman–Crippen MR) is 110 cm³/mol. The van der Waals surface area contributed by atoms with Crippen LogP contribution in [-0.4, -0.2) is 24.6 Å². The van der Waals surface area contributed by atoms with Gasteiger partial charge in [0.05, 0.1) is 18.6 Å². The number of methoxy groups -OCH3 is 1. The SMILES string of the molecule is COc1cc([C@H]2CC(=O)Nc3nc(N)sc32)ccc1OCCc1ccccc1. The number of carbonyl (C=O) groups is 1. The number of ether oxygens (including phenoxy) is 2. The molecule has 144 valence electrons. The third-order valence-corrected chi connectivity index (χ3v) is 5.71. The molecule has 6 nitrogen and oxygen atoms in total. The molecule has 0 spiro atoms. The Hall–Kier alpha value is -3.06. The van der Waals surface area contributed by atoms with Crippen LogP contribution in [0.4, 0.5) is 10.9 Å². The van der Waals surface area contributed by atoms with E-state index in [4.69, 9.17) is 15.2 Å². The van der Waals surface area contributed by atoms with Crippen LogP contribution >= 0.6 is 11.3 Å². The molecule has 28 heavy (non-hydrogen) atoms. The highest BCUT2D eigenvalue weighted by atomic mass is 32.1. The van der Waals surface area contributed by atoms with Crippen molar-refractivity contribution < 1.29 is 14.3 Å². The maximum absolute atomic E-state index is 12.1. The number of nitrogens with two attached hydrogens (primary N) is 1. The summed E-state index contributed by atoms with van der Waals surface area (Å²) in [5.74, 6) is 1.74. The number of benzene rings is 2. The Labute approximate surface area is 167 Å². The van der Waals surface area contributed by atoms with Crippen LogP contribution < -0.4 is 20.5 Å². The Bertz CT molecular complexity index is 988. The molecule has 2 aromatic carbocycles. The van der Waals surface area contributed by atoms with Crippen LogP contribution in [0.5, 0.6) is 11.5 Å². The van der Waals surface area contributed by atoms with Crippen molar-refractivity contribution in [3.05, 3.63) is 64.5 Å². The molecule has 7 heteroatoms. The minimum Gasteiger partial charge on any atom is -0.493 e. The van der Waals surface area contributed by atoms with Gasteiger partial charge in [0.15, 0.2) is 16.6 Å². The summed E-state index contributed by atoms with van der Waals surface area (Å²) in [6.07, 6.45) is 1.17. The van der Waals surface area contributed by atoms with Gasteiger partial charge in [-0.05, 0) is 23.3 Å². The number of fused-ring (bicyclic) bond motifs is 1. The third kappa shape index (κ3) is 3.80. The Morgan fingerprint density at radius 1 is 1.21 bits per heavy atom. The monoisotopic (exact) mass is 395 g/mol. The average molecular weight is 395 g/mol. The average Bonchev–Trinajstić information content (AvgIpc) is 3.08. The van der Waals surface area contributed by atoms with E-state index in [0.717, 1.165) is 16.9 Å². The van der Waals surface area contributed by atoms with E-state index >= 15 is 0 Å². The van der Waals surface area contributed by atoms with E-state index in [0.29, 0.717) is 35.5 Å². The molecule has 1 aliphatic rings. The van der Waals surface area contributed by atoms with E-state index in [9.17, 15) is 4.79 Å². The first kappa shape index (κ1) is 18.3. The van der Waals surface area contributed by atoms with Crippen molar-refractivity contribution in [3.63, 3.8) is 0 Å². The molecular weight excluding hydrogens is 374 g/mol. The van der Waals surface area contributed by atoms with Gasteiger partial charge in [0.1, 0.15) is 5.82 Å². The lowest BCUT2D eigenvalue weighted by Crippen LogP contribution is -2.22. The van der Waals surface area contributed by atoms with Gasteiger partial charge in [0.2, 0.25) is 5.91 Å². The number of nitrogens with zero attached hydrogens (tertiary/aromatic N) is 1. The fourth-order valence-electron chi connectivity index (χ4n) is 3.35.